The fourth-order valence-corrected chi connectivity index (χ4v) is 3.31. The molecule has 0 saturated heterocycles. The van der Waals surface area contributed by atoms with Gasteiger partial charge in [0, 0.05) is 5.39 Å². The number of hydrogen-bond donors (Lipinski definition) is 1. The Morgan fingerprint density at radius 2 is 1.69 bits per heavy atom. The molecule has 3 aromatic rings. The average Bonchev–Trinajstić information content (AvgIpc) is 3.01. The molecule has 3 rings (SSSR count). The first-order valence-corrected chi connectivity index (χ1v) is 8.16. The van der Waals surface area contributed by atoms with E-state index in [4.69, 9.17) is 0 Å². The number of alkyl halides is 3. The molecule has 0 saturated carbocycles. The molecule has 3 nitrogen and oxygen atoms in total. The van der Waals surface area contributed by atoms with Crippen LogP contribution in [0.5, 0.6) is 0 Å². The van der Waals surface area contributed by atoms with Crippen LogP contribution in [0.3, 0.4) is 0 Å². The molecule has 1 unspecified atom stereocenters. The number of benzene rings is 2. The molecule has 0 aliphatic rings. The first kappa shape index (κ1) is 18.4. The topological polar surface area (TPSA) is 38.0 Å². The van der Waals surface area contributed by atoms with E-state index in [1.165, 1.54) is 28.9 Å². The van der Waals surface area contributed by atoms with Crippen LogP contribution >= 0.6 is 0 Å². The van der Waals surface area contributed by atoms with Crippen molar-refractivity contribution in [1.82, 2.24) is 9.78 Å². The Labute approximate surface area is 147 Å². The fraction of sp³-hybridized carbons (Fsp3) is 0.316. The van der Waals surface area contributed by atoms with Crippen LogP contribution in [0, 0.1) is 12.7 Å². The molecular formula is C19H18F4N2O. The van der Waals surface area contributed by atoms with Crippen molar-refractivity contribution in [2.75, 3.05) is 6.61 Å². The van der Waals surface area contributed by atoms with Crippen molar-refractivity contribution < 1.29 is 22.7 Å². The number of aromatic nitrogens is 2. The maximum absolute atomic E-state index is 13.9. The van der Waals surface area contributed by atoms with Crippen LogP contribution < -0.4 is 0 Å². The van der Waals surface area contributed by atoms with E-state index in [1.54, 1.807) is 20.0 Å². The quantitative estimate of drug-likeness (QED) is 0.683. The number of aryl methyl sites for hydroxylation is 1. The number of fused-ring (bicyclic) bond motifs is 1. The van der Waals surface area contributed by atoms with Crippen molar-refractivity contribution in [2.45, 2.75) is 32.0 Å². The molecule has 0 aliphatic carbocycles. The largest absolute Gasteiger partial charge is 0.416 e. The molecule has 26 heavy (non-hydrogen) atoms. The summed E-state index contributed by atoms with van der Waals surface area (Å²) in [6.45, 7) is 3.16. The molecule has 1 aromatic heterocycles. The van der Waals surface area contributed by atoms with Crippen molar-refractivity contribution >= 4 is 10.9 Å². The molecule has 0 bridgehead atoms. The van der Waals surface area contributed by atoms with Crippen LogP contribution in [-0.4, -0.2) is 21.5 Å². The van der Waals surface area contributed by atoms with Gasteiger partial charge in [-0.1, -0.05) is 19.1 Å². The van der Waals surface area contributed by atoms with Crippen molar-refractivity contribution in [3.8, 4) is 0 Å². The highest BCUT2D eigenvalue weighted by Crippen LogP contribution is 2.36. The molecule has 0 fully saturated rings. The van der Waals surface area contributed by atoms with Crippen LogP contribution in [0.15, 0.2) is 42.6 Å². The molecule has 7 heteroatoms. The van der Waals surface area contributed by atoms with Gasteiger partial charge in [-0.25, -0.2) is 4.39 Å². The predicted octanol–water partition coefficient (Wildman–Crippen LogP) is 4.65. The van der Waals surface area contributed by atoms with Crippen LogP contribution in [0.25, 0.3) is 10.9 Å². The number of halogens is 4. The SMILES string of the molecule is CCC(CO)(c1ccc(C(F)(F)F)cc1)n1ncc2c(C)cc(F)cc21. The highest BCUT2D eigenvalue weighted by atomic mass is 19.4. The Morgan fingerprint density at radius 3 is 2.23 bits per heavy atom. The number of nitrogens with zero attached hydrogens (tertiary/aromatic N) is 2. The van der Waals surface area contributed by atoms with Crippen molar-refractivity contribution in [3.63, 3.8) is 0 Å². The zero-order valence-corrected chi connectivity index (χ0v) is 14.3. The van der Waals surface area contributed by atoms with Crippen molar-refractivity contribution in [2.24, 2.45) is 0 Å². The van der Waals surface area contributed by atoms with Gasteiger partial charge in [0.2, 0.25) is 0 Å². The van der Waals surface area contributed by atoms with Crippen molar-refractivity contribution in [1.29, 1.82) is 0 Å². The van der Waals surface area contributed by atoms with Gasteiger partial charge in [0.25, 0.3) is 0 Å². The zero-order chi connectivity index (χ0) is 19.1. The second-order valence-electron chi connectivity index (χ2n) is 6.33. The number of hydrogen-bond acceptors (Lipinski definition) is 2. The molecule has 138 valence electrons. The van der Waals surface area contributed by atoms with E-state index in [-0.39, 0.29) is 6.61 Å². The van der Waals surface area contributed by atoms with E-state index >= 15 is 0 Å². The number of aliphatic hydroxyl groups excluding tert-OH is 1. The standard InChI is InChI=1S/C19H18F4N2O/c1-3-18(11-26,13-4-6-14(7-5-13)19(21,22)23)25-17-9-15(20)8-12(2)16(17)10-24-25/h4-10,26H,3,11H2,1-2H3. The Kier molecular flexibility index (Phi) is 4.52. The molecule has 0 spiro atoms. The molecule has 1 N–H and O–H groups in total. The minimum absolute atomic E-state index is 0.362. The first-order valence-electron chi connectivity index (χ1n) is 8.16. The molecule has 1 heterocycles. The van der Waals surface area contributed by atoms with Crippen LogP contribution in [0.2, 0.25) is 0 Å². The summed E-state index contributed by atoms with van der Waals surface area (Å²) < 4.78 is 53.9. The molecule has 1 atom stereocenters. The highest BCUT2D eigenvalue weighted by molar-refractivity contribution is 5.82. The number of rotatable bonds is 4. The Morgan fingerprint density at radius 1 is 1.08 bits per heavy atom. The van der Waals surface area contributed by atoms with Crippen LogP contribution in [0.1, 0.15) is 30.0 Å². The van der Waals surface area contributed by atoms with Gasteiger partial charge < -0.3 is 5.11 Å². The summed E-state index contributed by atoms with van der Waals surface area (Å²) in [7, 11) is 0. The molecule has 0 amide bonds. The third-order valence-corrected chi connectivity index (χ3v) is 4.86. The summed E-state index contributed by atoms with van der Waals surface area (Å²) in [5, 5.41) is 15.2. The second-order valence-corrected chi connectivity index (χ2v) is 6.33. The van der Waals surface area contributed by atoms with Gasteiger partial charge in [-0.05, 0) is 48.7 Å². The molecule has 2 aromatic carbocycles. The third kappa shape index (κ3) is 2.86. The lowest BCUT2D eigenvalue weighted by Gasteiger charge is -2.33. The summed E-state index contributed by atoms with van der Waals surface area (Å²) in [5.41, 5.74) is -0.203. The summed E-state index contributed by atoms with van der Waals surface area (Å²) in [5.74, 6) is -0.438. The lowest BCUT2D eigenvalue weighted by atomic mass is 9.87. The summed E-state index contributed by atoms with van der Waals surface area (Å²) in [4.78, 5) is 0. The predicted molar refractivity (Wildman–Crippen MR) is 90.3 cm³/mol. The fourth-order valence-electron chi connectivity index (χ4n) is 3.31. The molecular weight excluding hydrogens is 348 g/mol. The Balaban J connectivity index is 2.21. The zero-order valence-electron chi connectivity index (χ0n) is 14.3. The van der Waals surface area contributed by atoms with E-state index in [9.17, 15) is 22.7 Å². The van der Waals surface area contributed by atoms with Gasteiger partial charge in [-0.3, -0.25) is 4.68 Å². The average molecular weight is 366 g/mol. The summed E-state index contributed by atoms with van der Waals surface area (Å²) >= 11 is 0. The number of aliphatic hydroxyl groups is 1. The van der Waals surface area contributed by atoms with Gasteiger partial charge in [0.1, 0.15) is 11.4 Å². The van der Waals surface area contributed by atoms with Gasteiger partial charge >= 0.3 is 6.18 Å². The molecule has 0 radical (unpaired) electrons. The van der Waals surface area contributed by atoms with Crippen molar-refractivity contribution in [3.05, 3.63) is 65.1 Å². The third-order valence-electron chi connectivity index (χ3n) is 4.86. The van der Waals surface area contributed by atoms with E-state index in [1.807, 2.05) is 0 Å². The first-order chi connectivity index (χ1) is 12.2. The Bertz CT molecular complexity index is 925. The lowest BCUT2D eigenvalue weighted by Crippen LogP contribution is -2.39. The highest BCUT2D eigenvalue weighted by Gasteiger charge is 2.36. The maximum atomic E-state index is 13.9. The smallest absolute Gasteiger partial charge is 0.393 e. The summed E-state index contributed by atoms with van der Waals surface area (Å²) in [6.07, 6.45) is -2.50. The molecule has 0 aliphatic heterocycles. The summed E-state index contributed by atoms with van der Waals surface area (Å²) in [6, 6.07) is 7.34. The van der Waals surface area contributed by atoms with E-state index in [0.717, 1.165) is 17.5 Å². The minimum atomic E-state index is -4.44. The van der Waals surface area contributed by atoms with Crippen LogP contribution in [0.4, 0.5) is 17.6 Å². The van der Waals surface area contributed by atoms with Gasteiger partial charge in [-0.15, -0.1) is 0 Å². The van der Waals surface area contributed by atoms with E-state index < -0.39 is 23.1 Å². The van der Waals surface area contributed by atoms with Gasteiger partial charge in [0.15, 0.2) is 0 Å². The van der Waals surface area contributed by atoms with Crippen LogP contribution in [-0.2, 0) is 11.7 Å². The monoisotopic (exact) mass is 366 g/mol. The van der Waals surface area contributed by atoms with E-state index in [0.29, 0.717) is 23.1 Å². The minimum Gasteiger partial charge on any atom is -0.393 e. The Hall–Kier alpha value is -2.41. The van der Waals surface area contributed by atoms with Gasteiger partial charge in [0.05, 0.1) is 23.9 Å². The lowest BCUT2D eigenvalue weighted by molar-refractivity contribution is -0.137. The van der Waals surface area contributed by atoms with Gasteiger partial charge in [-0.2, -0.15) is 18.3 Å². The normalized spacial score (nSPS) is 14.6. The van der Waals surface area contributed by atoms with E-state index in [2.05, 4.69) is 5.10 Å². The second kappa shape index (κ2) is 6.39. The maximum Gasteiger partial charge on any atom is 0.416 e.